The highest BCUT2D eigenvalue weighted by Gasteiger charge is 2.37. The van der Waals surface area contributed by atoms with Crippen LogP contribution in [0.3, 0.4) is 0 Å². The Kier molecular flexibility index (Phi) is 7.83. The first-order chi connectivity index (χ1) is 15.3. The average molecular weight is 457 g/mol. The van der Waals surface area contributed by atoms with Crippen LogP contribution in [-0.2, 0) is 21.2 Å². The topological polar surface area (TPSA) is 112 Å². The summed E-state index contributed by atoms with van der Waals surface area (Å²) in [5, 5.41) is 8.85. The number of ether oxygens (including phenoxy) is 1. The quantitative estimate of drug-likeness (QED) is 0.685. The Hall–Kier alpha value is -2.96. The molecule has 0 radical (unpaired) electrons. The molecule has 0 saturated carbocycles. The van der Waals surface area contributed by atoms with E-state index in [1.54, 1.807) is 24.8 Å². The van der Waals surface area contributed by atoms with Crippen molar-refractivity contribution in [2.45, 2.75) is 51.3 Å². The lowest BCUT2D eigenvalue weighted by atomic mass is 9.93. The number of pyridine rings is 1. The smallest absolute Gasteiger partial charge is 0.410 e. The van der Waals surface area contributed by atoms with Gasteiger partial charge in [0.2, 0.25) is 10.0 Å². The first-order valence-electron chi connectivity index (χ1n) is 10.6. The first kappa shape index (κ1) is 23.7. The molecule has 1 amide bonds. The van der Waals surface area contributed by atoms with Crippen LogP contribution in [0.4, 0.5) is 4.79 Å². The Labute approximate surface area is 189 Å². The molecule has 1 fully saturated rings. The van der Waals surface area contributed by atoms with Crippen molar-refractivity contribution in [2.75, 3.05) is 12.3 Å². The van der Waals surface area contributed by atoms with Crippen molar-refractivity contribution in [1.29, 1.82) is 5.26 Å². The monoisotopic (exact) mass is 456 g/mol. The molecule has 0 aliphatic carbocycles. The third-order valence-electron chi connectivity index (χ3n) is 5.23. The van der Waals surface area contributed by atoms with E-state index in [2.05, 4.69) is 4.72 Å². The van der Waals surface area contributed by atoms with E-state index in [4.69, 9.17) is 15.0 Å². The number of nitriles is 1. The Bertz CT molecular complexity index is 1070. The highest BCUT2D eigenvalue weighted by molar-refractivity contribution is 7.89. The van der Waals surface area contributed by atoms with Gasteiger partial charge in [0.15, 0.2) is 5.75 Å². The second-order valence-electron chi connectivity index (χ2n) is 8.06. The van der Waals surface area contributed by atoms with Crippen LogP contribution in [-0.4, -0.2) is 54.9 Å². The van der Waals surface area contributed by atoms with Gasteiger partial charge in [-0.05, 0) is 38.8 Å². The van der Waals surface area contributed by atoms with Crippen molar-refractivity contribution in [2.24, 2.45) is 0 Å². The number of carbonyl (C=O) groups excluding carboxylic acids is 1. The van der Waals surface area contributed by atoms with Crippen LogP contribution in [0.1, 0.15) is 32.4 Å². The summed E-state index contributed by atoms with van der Waals surface area (Å²) in [7, 11) is -3.79. The minimum atomic E-state index is -3.79. The summed E-state index contributed by atoms with van der Waals surface area (Å²) in [4.78, 5) is 19.1. The summed E-state index contributed by atoms with van der Waals surface area (Å²) in [6.45, 7) is 4.01. The van der Waals surface area contributed by atoms with Gasteiger partial charge in [-0.1, -0.05) is 36.4 Å². The van der Waals surface area contributed by atoms with Gasteiger partial charge in [0.05, 0.1) is 23.9 Å². The van der Waals surface area contributed by atoms with Gasteiger partial charge in [0, 0.05) is 30.3 Å². The van der Waals surface area contributed by atoms with E-state index in [0.29, 0.717) is 25.8 Å². The molecule has 3 rings (SSSR count). The van der Waals surface area contributed by atoms with E-state index in [0.717, 1.165) is 17.0 Å². The fraction of sp³-hybridized carbons (Fsp3) is 0.435. The lowest BCUT2D eigenvalue weighted by Gasteiger charge is -2.41. The molecule has 2 aromatic rings. The Morgan fingerprint density at radius 1 is 1.25 bits per heavy atom. The molecular formula is C23H28N4O4S. The number of nitrogens with one attached hydrogen (secondary N) is 1. The summed E-state index contributed by atoms with van der Waals surface area (Å²) in [5.74, 6) is -0.631. The number of hydrogen-bond acceptors (Lipinski definition) is 6. The van der Waals surface area contributed by atoms with Crippen molar-refractivity contribution < 1.29 is 17.9 Å². The molecule has 1 N–H and O–H groups in total. The van der Waals surface area contributed by atoms with Crippen LogP contribution in [0.5, 0.6) is 0 Å². The summed E-state index contributed by atoms with van der Waals surface area (Å²) in [6.07, 6.45) is 0.764. The van der Waals surface area contributed by atoms with Crippen LogP contribution in [0.2, 0.25) is 0 Å². The Morgan fingerprint density at radius 2 is 2.00 bits per heavy atom. The average Bonchev–Trinajstić information content (AvgIpc) is 2.75. The number of hydrogen-bond donors (Lipinski definition) is 1. The first-order valence-corrected chi connectivity index (χ1v) is 12.3. The predicted molar refractivity (Wildman–Crippen MR) is 121 cm³/mol. The van der Waals surface area contributed by atoms with Gasteiger partial charge in [0.1, 0.15) is 0 Å². The fourth-order valence-electron chi connectivity index (χ4n) is 3.88. The zero-order valence-electron chi connectivity index (χ0n) is 18.3. The van der Waals surface area contributed by atoms with Crippen LogP contribution >= 0.6 is 0 Å². The highest BCUT2D eigenvalue weighted by atomic mass is 32.2. The van der Waals surface area contributed by atoms with Crippen LogP contribution in [0, 0.1) is 11.3 Å². The molecule has 1 aliphatic rings. The van der Waals surface area contributed by atoms with Crippen LogP contribution < -0.4 is 4.72 Å². The van der Waals surface area contributed by atoms with E-state index in [-0.39, 0.29) is 6.10 Å². The summed E-state index contributed by atoms with van der Waals surface area (Å²) >= 11 is 0. The number of benzene rings is 1. The lowest BCUT2D eigenvalue weighted by Crippen LogP contribution is -2.58. The molecule has 0 unspecified atom stereocenters. The molecule has 1 aliphatic heterocycles. The molecular weight excluding hydrogens is 428 g/mol. The second kappa shape index (κ2) is 10.6. The lowest BCUT2D eigenvalue weighted by molar-refractivity contribution is 0.0459. The molecule has 8 nitrogen and oxygen atoms in total. The van der Waals surface area contributed by atoms with Crippen molar-refractivity contribution in [3.05, 3.63) is 54.2 Å². The van der Waals surface area contributed by atoms with Crippen LogP contribution in [0.25, 0.3) is 11.3 Å². The zero-order chi connectivity index (χ0) is 23.1. The number of carbonyl (C=O) groups is 1. The highest BCUT2D eigenvalue weighted by Crippen LogP contribution is 2.24. The van der Waals surface area contributed by atoms with Crippen molar-refractivity contribution >= 4 is 16.1 Å². The van der Waals surface area contributed by atoms with E-state index in [1.807, 2.05) is 48.5 Å². The number of rotatable bonds is 7. The van der Waals surface area contributed by atoms with E-state index >= 15 is 0 Å². The molecule has 0 spiro atoms. The number of nitrogens with zero attached hydrogens (tertiary/aromatic N) is 3. The van der Waals surface area contributed by atoms with Gasteiger partial charge >= 0.3 is 6.09 Å². The van der Waals surface area contributed by atoms with Gasteiger partial charge in [-0.15, -0.1) is 0 Å². The normalized spacial score (nSPS) is 18.9. The number of amides is 1. The molecule has 1 aromatic carbocycles. The predicted octanol–water partition coefficient (Wildman–Crippen LogP) is 3.11. The summed E-state index contributed by atoms with van der Waals surface area (Å²) in [5.41, 5.74) is 2.52. The molecule has 170 valence electrons. The van der Waals surface area contributed by atoms with E-state index in [1.165, 1.54) is 0 Å². The van der Waals surface area contributed by atoms with Gasteiger partial charge in [-0.3, -0.25) is 4.98 Å². The third-order valence-corrected chi connectivity index (χ3v) is 6.40. The van der Waals surface area contributed by atoms with Gasteiger partial charge in [-0.25, -0.2) is 17.9 Å². The SMILES string of the molecule is CC(C)OC(=O)N1CCC[C@@H](NS(=O)(=O)CC#N)[C@H]1Cc1cccc(-c2ccccc2)n1. The number of sulfonamides is 1. The third kappa shape index (κ3) is 6.28. The van der Waals surface area contributed by atoms with Crippen molar-refractivity contribution in [3.8, 4) is 17.3 Å². The molecule has 0 bridgehead atoms. The minimum Gasteiger partial charge on any atom is -0.447 e. The maximum atomic E-state index is 12.8. The van der Waals surface area contributed by atoms with E-state index in [9.17, 15) is 13.2 Å². The fourth-order valence-corrected chi connectivity index (χ4v) is 4.87. The Morgan fingerprint density at radius 3 is 2.69 bits per heavy atom. The second-order valence-corrected chi connectivity index (χ2v) is 9.82. The largest absolute Gasteiger partial charge is 0.447 e. The Balaban J connectivity index is 1.90. The maximum absolute atomic E-state index is 12.8. The zero-order valence-corrected chi connectivity index (χ0v) is 19.1. The maximum Gasteiger partial charge on any atom is 0.410 e. The molecule has 2 heterocycles. The number of aromatic nitrogens is 1. The summed E-state index contributed by atoms with van der Waals surface area (Å²) in [6, 6.07) is 16.1. The summed E-state index contributed by atoms with van der Waals surface area (Å²) < 4.78 is 32.6. The van der Waals surface area contributed by atoms with Crippen molar-refractivity contribution in [1.82, 2.24) is 14.6 Å². The van der Waals surface area contributed by atoms with Crippen LogP contribution in [0.15, 0.2) is 48.5 Å². The molecule has 9 heteroatoms. The molecule has 1 aromatic heterocycles. The van der Waals surface area contributed by atoms with Gasteiger partial charge < -0.3 is 9.64 Å². The van der Waals surface area contributed by atoms with E-state index < -0.39 is 34.0 Å². The standard InChI is InChI=1S/C23H28N4O4S/c1-17(2)31-23(28)27-14-7-12-21(26-32(29,30)15-13-24)22(27)16-19-10-6-11-20(25-19)18-8-4-3-5-9-18/h3-6,8-11,17,21-22,26H,7,12,14-16H2,1-2H3/t21-,22-/m1/s1. The van der Waals surface area contributed by atoms with Crippen molar-refractivity contribution in [3.63, 3.8) is 0 Å². The molecule has 1 saturated heterocycles. The number of likely N-dealkylation sites (tertiary alicyclic amines) is 1. The molecule has 2 atom stereocenters. The van der Waals surface area contributed by atoms with Gasteiger partial charge in [0.25, 0.3) is 0 Å². The minimum absolute atomic E-state index is 0.293. The number of piperidine rings is 1. The molecule has 32 heavy (non-hydrogen) atoms. The van der Waals surface area contributed by atoms with Gasteiger partial charge in [-0.2, -0.15) is 5.26 Å².